The molecule has 3 nitrogen and oxygen atoms in total. The standard InChI is InChI=1S/C16H25ClN2O/c1-3-19(4-2)14-7-5-6-8-16(14)20-15-10-9-12(17)11-13(15)18/h9-11,14,16H,3-8,18H2,1-2H3. The topological polar surface area (TPSA) is 38.5 Å². The lowest BCUT2D eigenvalue weighted by molar-refractivity contribution is 0.0417. The summed E-state index contributed by atoms with van der Waals surface area (Å²) >= 11 is 5.94. The number of rotatable bonds is 5. The van der Waals surface area contributed by atoms with Gasteiger partial charge in [0.15, 0.2) is 0 Å². The Balaban J connectivity index is 2.12. The molecule has 2 unspecified atom stereocenters. The minimum absolute atomic E-state index is 0.229. The zero-order valence-corrected chi connectivity index (χ0v) is 13.2. The predicted molar refractivity (Wildman–Crippen MR) is 85.5 cm³/mol. The largest absolute Gasteiger partial charge is 0.487 e. The molecule has 4 heteroatoms. The summed E-state index contributed by atoms with van der Waals surface area (Å²) in [5.74, 6) is 0.762. The second kappa shape index (κ2) is 7.19. The maximum absolute atomic E-state index is 6.21. The van der Waals surface area contributed by atoms with Gasteiger partial charge in [0.1, 0.15) is 11.9 Å². The lowest BCUT2D eigenvalue weighted by atomic mass is 9.91. The van der Waals surface area contributed by atoms with Crippen LogP contribution in [0.25, 0.3) is 0 Å². The maximum Gasteiger partial charge on any atom is 0.142 e. The Hall–Kier alpha value is -0.930. The first-order valence-electron chi connectivity index (χ1n) is 7.61. The van der Waals surface area contributed by atoms with Gasteiger partial charge in [0.05, 0.1) is 5.69 Å². The van der Waals surface area contributed by atoms with Crippen LogP contribution in [0.15, 0.2) is 18.2 Å². The Morgan fingerprint density at radius 1 is 1.25 bits per heavy atom. The fourth-order valence-electron chi connectivity index (χ4n) is 3.11. The number of halogens is 1. The van der Waals surface area contributed by atoms with E-state index in [4.69, 9.17) is 22.1 Å². The van der Waals surface area contributed by atoms with Crippen molar-refractivity contribution in [2.24, 2.45) is 0 Å². The quantitative estimate of drug-likeness (QED) is 0.836. The molecule has 2 atom stereocenters. The van der Waals surface area contributed by atoms with Crippen molar-refractivity contribution in [3.63, 3.8) is 0 Å². The molecule has 0 aromatic heterocycles. The molecule has 0 heterocycles. The van der Waals surface area contributed by atoms with Crippen molar-refractivity contribution in [2.45, 2.75) is 51.7 Å². The van der Waals surface area contributed by atoms with Gasteiger partial charge in [0.2, 0.25) is 0 Å². The molecule has 0 bridgehead atoms. The summed E-state index contributed by atoms with van der Waals surface area (Å²) in [5.41, 5.74) is 6.63. The zero-order chi connectivity index (χ0) is 14.5. The number of benzene rings is 1. The van der Waals surface area contributed by atoms with Gasteiger partial charge in [-0.05, 0) is 50.6 Å². The minimum atomic E-state index is 0.229. The van der Waals surface area contributed by atoms with Gasteiger partial charge in [-0.2, -0.15) is 0 Å². The second-order valence-corrected chi connectivity index (χ2v) is 5.85. The SMILES string of the molecule is CCN(CC)C1CCCCC1Oc1ccc(Cl)cc1N. The lowest BCUT2D eigenvalue weighted by Gasteiger charge is -2.39. The van der Waals surface area contributed by atoms with Gasteiger partial charge in [-0.25, -0.2) is 0 Å². The van der Waals surface area contributed by atoms with E-state index in [1.807, 2.05) is 12.1 Å². The fraction of sp³-hybridized carbons (Fsp3) is 0.625. The number of likely N-dealkylation sites (N-methyl/N-ethyl adjacent to an activating group) is 1. The van der Waals surface area contributed by atoms with Gasteiger partial charge in [0.25, 0.3) is 0 Å². The van der Waals surface area contributed by atoms with Crippen molar-refractivity contribution in [3.05, 3.63) is 23.2 Å². The molecule has 0 amide bonds. The first kappa shape index (κ1) is 15.5. The van der Waals surface area contributed by atoms with Crippen LogP contribution in [-0.4, -0.2) is 30.1 Å². The summed E-state index contributed by atoms with van der Waals surface area (Å²) in [6, 6.07) is 5.97. The van der Waals surface area contributed by atoms with Crippen molar-refractivity contribution in [1.29, 1.82) is 0 Å². The number of hydrogen-bond donors (Lipinski definition) is 1. The van der Waals surface area contributed by atoms with Crippen molar-refractivity contribution < 1.29 is 4.74 Å². The van der Waals surface area contributed by atoms with Crippen LogP contribution < -0.4 is 10.5 Å². The lowest BCUT2D eigenvalue weighted by Crippen LogP contribution is -2.47. The van der Waals surface area contributed by atoms with Crippen LogP contribution in [-0.2, 0) is 0 Å². The van der Waals surface area contributed by atoms with Crippen molar-refractivity contribution >= 4 is 17.3 Å². The van der Waals surface area contributed by atoms with E-state index in [0.29, 0.717) is 16.8 Å². The molecule has 2 N–H and O–H groups in total. The molecule has 0 radical (unpaired) electrons. The Labute approximate surface area is 127 Å². The normalized spacial score (nSPS) is 23.0. The molecule has 2 rings (SSSR count). The van der Waals surface area contributed by atoms with E-state index in [-0.39, 0.29) is 6.10 Å². The third kappa shape index (κ3) is 3.58. The summed E-state index contributed by atoms with van der Waals surface area (Å²) in [6.45, 7) is 6.56. The Morgan fingerprint density at radius 3 is 2.60 bits per heavy atom. The molecule has 1 aliphatic rings. The minimum Gasteiger partial charge on any atom is -0.487 e. The average molecular weight is 297 g/mol. The number of hydrogen-bond acceptors (Lipinski definition) is 3. The fourth-order valence-corrected chi connectivity index (χ4v) is 3.30. The van der Waals surface area contributed by atoms with Crippen LogP contribution in [0.1, 0.15) is 39.5 Å². The third-order valence-corrected chi connectivity index (χ3v) is 4.43. The van der Waals surface area contributed by atoms with Crippen molar-refractivity contribution in [2.75, 3.05) is 18.8 Å². The number of nitrogens with zero attached hydrogens (tertiary/aromatic N) is 1. The van der Waals surface area contributed by atoms with Gasteiger partial charge in [-0.15, -0.1) is 0 Å². The van der Waals surface area contributed by atoms with Gasteiger partial charge < -0.3 is 10.5 Å². The molecule has 1 aromatic rings. The van der Waals surface area contributed by atoms with Gasteiger partial charge in [-0.1, -0.05) is 31.9 Å². The van der Waals surface area contributed by atoms with E-state index in [2.05, 4.69) is 18.7 Å². The monoisotopic (exact) mass is 296 g/mol. The molecule has 20 heavy (non-hydrogen) atoms. The summed E-state index contributed by atoms with van der Waals surface area (Å²) in [7, 11) is 0. The maximum atomic E-state index is 6.21. The number of ether oxygens (including phenoxy) is 1. The van der Waals surface area contributed by atoms with Crippen LogP contribution in [0.2, 0.25) is 5.02 Å². The number of nitrogens with two attached hydrogens (primary N) is 1. The molecule has 1 fully saturated rings. The molecule has 1 saturated carbocycles. The van der Waals surface area contributed by atoms with E-state index in [0.717, 1.165) is 25.3 Å². The summed E-state index contributed by atoms with van der Waals surface area (Å²) in [6.07, 6.45) is 5.06. The zero-order valence-electron chi connectivity index (χ0n) is 12.4. The highest BCUT2D eigenvalue weighted by atomic mass is 35.5. The second-order valence-electron chi connectivity index (χ2n) is 5.41. The first-order valence-corrected chi connectivity index (χ1v) is 7.99. The highest BCUT2D eigenvalue weighted by Crippen LogP contribution is 2.31. The Kier molecular flexibility index (Phi) is 5.55. The molecule has 0 saturated heterocycles. The highest BCUT2D eigenvalue weighted by molar-refractivity contribution is 6.30. The Morgan fingerprint density at radius 2 is 1.95 bits per heavy atom. The third-order valence-electron chi connectivity index (χ3n) is 4.20. The van der Waals surface area contributed by atoms with E-state index >= 15 is 0 Å². The van der Waals surface area contributed by atoms with E-state index in [1.165, 1.54) is 19.3 Å². The molecular formula is C16H25ClN2O. The molecule has 1 aromatic carbocycles. The Bertz CT molecular complexity index is 434. The first-order chi connectivity index (χ1) is 9.65. The smallest absolute Gasteiger partial charge is 0.142 e. The summed E-state index contributed by atoms with van der Waals surface area (Å²) in [4.78, 5) is 2.50. The molecule has 1 aliphatic carbocycles. The van der Waals surface area contributed by atoms with E-state index in [1.54, 1.807) is 6.07 Å². The predicted octanol–water partition coefficient (Wildman–Crippen LogP) is 3.95. The molecular weight excluding hydrogens is 272 g/mol. The summed E-state index contributed by atoms with van der Waals surface area (Å²) in [5, 5.41) is 0.652. The van der Waals surface area contributed by atoms with E-state index in [9.17, 15) is 0 Å². The van der Waals surface area contributed by atoms with Gasteiger partial charge in [0, 0.05) is 11.1 Å². The molecule has 0 aliphatic heterocycles. The van der Waals surface area contributed by atoms with Crippen LogP contribution in [0.3, 0.4) is 0 Å². The van der Waals surface area contributed by atoms with Gasteiger partial charge >= 0.3 is 0 Å². The molecule has 112 valence electrons. The number of anilines is 1. The highest BCUT2D eigenvalue weighted by Gasteiger charge is 2.30. The van der Waals surface area contributed by atoms with Crippen LogP contribution in [0.4, 0.5) is 5.69 Å². The van der Waals surface area contributed by atoms with Crippen molar-refractivity contribution in [3.8, 4) is 5.75 Å². The van der Waals surface area contributed by atoms with E-state index < -0.39 is 0 Å². The average Bonchev–Trinajstić information content (AvgIpc) is 2.45. The van der Waals surface area contributed by atoms with Crippen LogP contribution in [0.5, 0.6) is 5.75 Å². The van der Waals surface area contributed by atoms with Crippen molar-refractivity contribution in [1.82, 2.24) is 4.90 Å². The van der Waals surface area contributed by atoms with Crippen LogP contribution in [0, 0.1) is 0 Å². The molecule has 0 spiro atoms. The summed E-state index contributed by atoms with van der Waals surface area (Å²) < 4.78 is 6.21. The number of nitrogen functional groups attached to an aromatic ring is 1. The van der Waals surface area contributed by atoms with Gasteiger partial charge in [-0.3, -0.25) is 4.90 Å². The van der Waals surface area contributed by atoms with Crippen LogP contribution >= 0.6 is 11.6 Å².